The van der Waals surface area contributed by atoms with Gasteiger partial charge >= 0.3 is 0 Å². The Morgan fingerprint density at radius 2 is 1.14 bits per heavy atom. The van der Waals surface area contributed by atoms with Gasteiger partial charge in [0, 0.05) is 0 Å². The van der Waals surface area contributed by atoms with Crippen LogP contribution in [0.25, 0.3) is 0 Å². The normalized spacial score (nSPS) is 23.0. The minimum atomic E-state index is -0.873. The number of rotatable bonds is 10. The largest absolute Gasteiger partial charge is 0.394 e. The summed E-state index contributed by atoms with van der Waals surface area (Å²) in [5, 5.41) is 19.9. The van der Waals surface area contributed by atoms with Gasteiger partial charge in [-0.2, -0.15) is 0 Å². The zero-order valence-corrected chi connectivity index (χ0v) is 16.9. The summed E-state index contributed by atoms with van der Waals surface area (Å²) in [6.45, 7) is 3.82. The molecule has 158 valence electrons. The van der Waals surface area contributed by atoms with E-state index in [1.165, 1.54) is 0 Å². The molecule has 0 spiro atoms. The average molecular weight is 402 g/mol. The van der Waals surface area contributed by atoms with Crippen LogP contribution in [0, 0.1) is 0 Å². The SMILES string of the molecule is CC1(C)OC([C@H](CO)OCc2ccccc2)C([C@H](CO)OCc2ccccc2)O1. The lowest BCUT2D eigenvalue weighted by atomic mass is 10.0. The van der Waals surface area contributed by atoms with E-state index in [0.717, 1.165) is 11.1 Å². The number of ether oxygens (including phenoxy) is 4. The maximum absolute atomic E-state index is 9.95. The number of aliphatic hydroxyl groups is 2. The summed E-state index contributed by atoms with van der Waals surface area (Å²) in [5.74, 6) is -0.873. The highest BCUT2D eigenvalue weighted by atomic mass is 16.8. The Kier molecular flexibility index (Phi) is 7.77. The highest BCUT2D eigenvalue weighted by Gasteiger charge is 2.49. The first kappa shape index (κ1) is 21.9. The van der Waals surface area contributed by atoms with Gasteiger partial charge in [-0.15, -0.1) is 0 Å². The van der Waals surface area contributed by atoms with Gasteiger partial charge in [-0.05, 0) is 25.0 Å². The topological polar surface area (TPSA) is 77.4 Å². The Hall–Kier alpha value is -1.80. The molecule has 4 atom stereocenters. The fourth-order valence-corrected chi connectivity index (χ4v) is 3.45. The Labute approximate surface area is 172 Å². The van der Waals surface area contributed by atoms with Crippen molar-refractivity contribution in [1.82, 2.24) is 0 Å². The van der Waals surface area contributed by atoms with E-state index in [2.05, 4.69) is 0 Å². The Morgan fingerprint density at radius 1 is 0.759 bits per heavy atom. The molecule has 0 aliphatic carbocycles. The lowest BCUT2D eigenvalue weighted by molar-refractivity contribution is -0.170. The van der Waals surface area contributed by atoms with E-state index >= 15 is 0 Å². The van der Waals surface area contributed by atoms with Gasteiger partial charge in [0.25, 0.3) is 0 Å². The third-order valence-corrected chi connectivity index (χ3v) is 4.87. The van der Waals surface area contributed by atoms with Gasteiger partial charge in [0.05, 0.1) is 26.4 Å². The lowest BCUT2D eigenvalue weighted by Crippen LogP contribution is -2.47. The fourth-order valence-electron chi connectivity index (χ4n) is 3.45. The minimum absolute atomic E-state index is 0.232. The molecule has 0 saturated carbocycles. The highest BCUT2D eigenvalue weighted by Crippen LogP contribution is 2.34. The predicted molar refractivity (Wildman–Crippen MR) is 108 cm³/mol. The van der Waals surface area contributed by atoms with Crippen LogP contribution < -0.4 is 0 Å². The van der Waals surface area contributed by atoms with Crippen molar-refractivity contribution in [2.45, 2.75) is 57.3 Å². The molecular formula is C23H30O6. The molecule has 0 aromatic heterocycles. The first-order chi connectivity index (χ1) is 14.0. The van der Waals surface area contributed by atoms with Gasteiger partial charge in [-0.25, -0.2) is 0 Å². The lowest BCUT2D eigenvalue weighted by Gasteiger charge is -2.29. The van der Waals surface area contributed by atoms with Crippen molar-refractivity contribution in [2.24, 2.45) is 0 Å². The molecule has 2 aromatic carbocycles. The Morgan fingerprint density at radius 3 is 1.48 bits per heavy atom. The molecule has 2 aromatic rings. The number of hydrogen-bond acceptors (Lipinski definition) is 6. The van der Waals surface area contributed by atoms with Gasteiger partial charge in [0.1, 0.15) is 24.4 Å². The maximum atomic E-state index is 9.95. The maximum Gasteiger partial charge on any atom is 0.164 e. The number of hydrogen-bond donors (Lipinski definition) is 2. The van der Waals surface area contributed by atoms with E-state index < -0.39 is 30.2 Å². The molecule has 2 N–H and O–H groups in total. The summed E-state index contributed by atoms with van der Waals surface area (Å²) >= 11 is 0. The molecule has 29 heavy (non-hydrogen) atoms. The summed E-state index contributed by atoms with van der Waals surface area (Å²) in [6, 6.07) is 19.5. The van der Waals surface area contributed by atoms with E-state index in [1.54, 1.807) is 13.8 Å². The van der Waals surface area contributed by atoms with Gasteiger partial charge in [-0.1, -0.05) is 60.7 Å². The summed E-state index contributed by atoms with van der Waals surface area (Å²) in [4.78, 5) is 0. The minimum Gasteiger partial charge on any atom is -0.394 e. The zero-order chi connectivity index (χ0) is 20.7. The third-order valence-electron chi connectivity index (χ3n) is 4.87. The van der Waals surface area contributed by atoms with Crippen LogP contribution in [0.3, 0.4) is 0 Å². The summed E-state index contributed by atoms with van der Waals surface area (Å²) in [7, 11) is 0. The van der Waals surface area contributed by atoms with E-state index in [-0.39, 0.29) is 13.2 Å². The van der Waals surface area contributed by atoms with Crippen LogP contribution in [0.5, 0.6) is 0 Å². The monoisotopic (exact) mass is 402 g/mol. The van der Waals surface area contributed by atoms with Gasteiger partial charge in [0.15, 0.2) is 5.79 Å². The molecule has 1 heterocycles. The third kappa shape index (κ3) is 6.09. The summed E-state index contributed by atoms with van der Waals surface area (Å²) in [5.41, 5.74) is 2.00. The van der Waals surface area contributed by atoms with Crippen LogP contribution >= 0.6 is 0 Å². The smallest absolute Gasteiger partial charge is 0.164 e. The van der Waals surface area contributed by atoms with Crippen LogP contribution in [0.1, 0.15) is 25.0 Å². The zero-order valence-electron chi connectivity index (χ0n) is 16.9. The van der Waals surface area contributed by atoms with Crippen LogP contribution in [-0.2, 0) is 32.2 Å². The first-order valence-corrected chi connectivity index (χ1v) is 9.91. The van der Waals surface area contributed by atoms with E-state index in [4.69, 9.17) is 18.9 Å². The molecule has 1 fully saturated rings. The van der Waals surface area contributed by atoms with E-state index in [1.807, 2.05) is 60.7 Å². The first-order valence-electron chi connectivity index (χ1n) is 9.91. The average Bonchev–Trinajstić information content (AvgIpc) is 3.06. The van der Waals surface area contributed by atoms with Crippen LogP contribution in [0.4, 0.5) is 0 Å². The molecule has 1 aliphatic rings. The fraction of sp³-hybridized carbons (Fsp3) is 0.478. The molecule has 6 heteroatoms. The van der Waals surface area contributed by atoms with Crippen molar-refractivity contribution in [3.8, 4) is 0 Å². The van der Waals surface area contributed by atoms with E-state index in [0.29, 0.717) is 13.2 Å². The second-order valence-corrected chi connectivity index (χ2v) is 7.60. The highest BCUT2D eigenvalue weighted by molar-refractivity contribution is 5.14. The quantitative estimate of drug-likeness (QED) is 0.636. The van der Waals surface area contributed by atoms with Gasteiger partial charge in [0.2, 0.25) is 0 Å². The molecule has 3 rings (SSSR count). The van der Waals surface area contributed by atoms with Crippen LogP contribution in [0.2, 0.25) is 0 Å². The van der Waals surface area contributed by atoms with Gasteiger partial charge in [-0.3, -0.25) is 0 Å². The van der Waals surface area contributed by atoms with Crippen molar-refractivity contribution in [3.63, 3.8) is 0 Å². The van der Waals surface area contributed by atoms with Crippen LogP contribution in [-0.4, -0.2) is 53.6 Å². The van der Waals surface area contributed by atoms with Crippen molar-refractivity contribution in [1.29, 1.82) is 0 Å². The summed E-state index contributed by atoms with van der Waals surface area (Å²) < 4.78 is 24.0. The number of aliphatic hydroxyl groups excluding tert-OH is 2. The second-order valence-electron chi connectivity index (χ2n) is 7.60. The molecule has 1 aliphatic heterocycles. The van der Waals surface area contributed by atoms with Crippen LogP contribution in [0.15, 0.2) is 60.7 Å². The van der Waals surface area contributed by atoms with Crippen molar-refractivity contribution in [3.05, 3.63) is 71.8 Å². The second kappa shape index (κ2) is 10.3. The standard InChI is InChI=1S/C23H30O6/c1-23(2)28-21(19(13-24)26-15-17-9-5-3-6-10-17)22(29-23)20(14-25)27-16-18-11-7-4-8-12-18/h3-12,19-22,24-25H,13-16H2,1-2H3/t19-,20-,21?,22?/m0/s1. The Bertz CT molecular complexity index is 659. The van der Waals surface area contributed by atoms with Crippen molar-refractivity contribution >= 4 is 0 Å². The predicted octanol–water partition coefficient (Wildman–Crippen LogP) is 2.66. The van der Waals surface area contributed by atoms with Gasteiger partial charge < -0.3 is 29.2 Å². The van der Waals surface area contributed by atoms with Crippen molar-refractivity contribution in [2.75, 3.05) is 13.2 Å². The molecular weight excluding hydrogens is 372 g/mol. The Balaban J connectivity index is 1.68. The van der Waals surface area contributed by atoms with E-state index in [9.17, 15) is 10.2 Å². The summed E-state index contributed by atoms with van der Waals surface area (Å²) in [6.07, 6.45) is -2.38. The molecule has 1 saturated heterocycles. The number of benzene rings is 2. The molecule has 0 bridgehead atoms. The molecule has 2 unspecified atom stereocenters. The molecule has 6 nitrogen and oxygen atoms in total. The molecule has 0 radical (unpaired) electrons. The van der Waals surface area contributed by atoms with Crippen molar-refractivity contribution < 1.29 is 29.2 Å². The molecule has 0 amide bonds.